The predicted octanol–water partition coefficient (Wildman–Crippen LogP) is 17.3. The van der Waals surface area contributed by atoms with Crippen molar-refractivity contribution in [1.82, 2.24) is 5.32 Å². The van der Waals surface area contributed by atoms with Gasteiger partial charge in [0.05, 0.1) is 33.8 Å². The molecule has 0 aromatic carbocycles. The number of nitrogens with zero attached hydrogens (tertiary/aromatic N) is 1. The van der Waals surface area contributed by atoms with Crippen LogP contribution in [0.25, 0.3) is 0 Å². The molecule has 0 fully saturated rings. The third-order valence-electron chi connectivity index (χ3n) is 12.4. The number of unbranched alkanes of at least 4 members (excludes halogenated alkanes) is 25. The molecule has 1 amide bonds. The van der Waals surface area contributed by atoms with Gasteiger partial charge in [0.1, 0.15) is 19.3 Å². The summed E-state index contributed by atoms with van der Waals surface area (Å²) in [5.74, 6) is -0.577. The highest BCUT2D eigenvalue weighted by Crippen LogP contribution is 2.43. The molecule has 406 valence electrons. The number of quaternary nitrogens is 1. The Bertz CT molecular complexity index is 1430. The van der Waals surface area contributed by atoms with Gasteiger partial charge in [-0.25, -0.2) is 4.57 Å². The molecule has 0 aliphatic heterocycles. The number of phosphoric ester groups is 1. The highest BCUT2D eigenvalue weighted by Gasteiger charge is 2.30. The normalized spacial score (nSPS) is 14.3. The van der Waals surface area contributed by atoms with Crippen molar-refractivity contribution in [1.29, 1.82) is 0 Å². The standard InChI is InChI=1S/C60H109N2O7P/c1-7-10-13-16-19-22-25-28-30-31-33-35-38-41-44-47-50-53-60(64)69-58(51-48-45-42-39-36-27-24-21-18-15-12-9-3)57(56-68-70(65,66)67-55-54-62(4,5)6)61-59(63)52-49-46-43-40-37-34-32-29-26-23-20-17-14-11-8-2/h19,22-23,26,28,30,33,35,41,44,48,51,57-58H,7-18,20-21,24-25,27,29,31-32,34,36-40,42-43,45-47,49-50,52-56H2,1-6H3,(H-,61,63,65,66)/p+1/b22-19-,26-23-,30-28-,35-33-,44-41-,51-48+. The number of rotatable bonds is 51. The Labute approximate surface area is 432 Å². The van der Waals surface area contributed by atoms with Crippen molar-refractivity contribution >= 4 is 19.7 Å². The van der Waals surface area contributed by atoms with Gasteiger partial charge in [0.25, 0.3) is 0 Å². The van der Waals surface area contributed by atoms with Crippen LogP contribution in [-0.4, -0.2) is 74.3 Å². The van der Waals surface area contributed by atoms with Crippen LogP contribution in [0, 0.1) is 0 Å². The number of phosphoric acid groups is 1. The molecule has 3 unspecified atom stereocenters. The summed E-state index contributed by atoms with van der Waals surface area (Å²) in [5, 5.41) is 3.03. The van der Waals surface area contributed by atoms with Crippen molar-refractivity contribution in [2.24, 2.45) is 0 Å². The van der Waals surface area contributed by atoms with Crippen molar-refractivity contribution < 1.29 is 37.3 Å². The van der Waals surface area contributed by atoms with E-state index >= 15 is 0 Å². The van der Waals surface area contributed by atoms with Crippen LogP contribution in [0.1, 0.15) is 245 Å². The lowest BCUT2D eigenvalue weighted by Gasteiger charge is -2.27. The smallest absolute Gasteiger partial charge is 0.456 e. The van der Waals surface area contributed by atoms with E-state index in [1.807, 2.05) is 33.3 Å². The summed E-state index contributed by atoms with van der Waals surface area (Å²) >= 11 is 0. The Morgan fingerprint density at radius 1 is 0.500 bits per heavy atom. The monoisotopic (exact) mass is 1000 g/mol. The second kappa shape index (κ2) is 50.0. The fourth-order valence-electron chi connectivity index (χ4n) is 7.87. The number of likely N-dealkylation sites (N-methyl/N-ethyl adjacent to an activating group) is 1. The molecule has 0 saturated carbocycles. The summed E-state index contributed by atoms with van der Waals surface area (Å²) in [6, 6.07) is -0.873. The van der Waals surface area contributed by atoms with E-state index in [0.717, 1.165) is 77.0 Å². The van der Waals surface area contributed by atoms with E-state index < -0.39 is 20.0 Å². The molecule has 10 heteroatoms. The molecule has 9 nitrogen and oxygen atoms in total. The number of carbonyl (C=O) groups is 2. The fraction of sp³-hybridized carbons (Fsp3) is 0.767. The van der Waals surface area contributed by atoms with Gasteiger partial charge in [0.15, 0.2) is 0 Å². The molecule has 0 aliphatic carbocycles. The summed E-state index contributed by atoms with van der Waals surface area (Å²) in [6.45, 7) is 6.92. The van der Waals surface area contributed by atoms with Gasteiger partial charge < -0.3 is 19.4 Å². The molecule has 0 spiro atoms. The number of amides is 1. The first-order valence-corrected chi connectivity index (χ1v) is 30.3. The number of hydrogen-bond donors (Lipinski definition) is 2. The Kier molecular flexibility index (Phi) is 48.2. The molecule has 0 bridgehead atoms. The molecule has 0 aromatic heterocycles. The molecule has 0 radical (unpaired) electrons. The number of nitrogens with one attached hydrogen (secondary N) is 1. The van der Waals surface area contributed by atoms with Crippen LogP contribution < -0.4 is 5.32 Å². The first-order chi connectivity index (χ1) is 33.9. The second-order valence-electron chi connectivity index (χ2n) is 20.5. The Morgan fingerprint density at radius 2 is 0.886 bits per heavy atom. The molecule has 0 heterocycles. The van der Waals surface area contributed by atoms with Gasteiger partial charge in [-0.3, -0.25) is 18.6 Å². The Morgan fingerprint density at radius 3 is 1.39 bits per heavy atom. The van der Waals surface area contributed by atoms with Crippen LogP contribution in [0.15, 0.2) is 72.9 Å². The summed E-state index contributed by atoms with van der Waals surface area (Å²) in [6.07, 6.45) is 63.3. The van der Waals surface area contributed by atoms with Crippen LogP contribution in [0.5, 0.6) is 0 Å². The van der Waals surface area contributed by atoms with Crippen molar-refractivity contribution in [3.8, 4) is 0 Å². The van der Waals surface area contributed by atoms with E-state index in [2.05, 4.69) is 86.8 Å². The van der Waals surface area contributed by atoms with Crippen LogP contribution in [0.4, 0.5) is 0 Å². The quantitative estimate of drug-likeness (QED) is 0.0205. The molecular formula is C60H110N2O7P+. The molecule has 0 aliphatic rings. The first kappa shape index (κ1) is 67.5. The van der Waals surface area contributed by atoms with Gasteiger partial charge in [-0.15, -0.1) is 0 Å². The van der Waals surface area contributed by atoms with Gasteiger partial charge in [0.2, 0.25) is 5.91 Å². The largest absolute Gasteiger partial charge is 0.472 e. The maximum absolute atomic E-state index is 13.5. The molecule has 2 N–H and O–H groups in total. The number of allylic oxidation sites excluding steroid dienone is 11. The lowest BCUT2D eigenvalue weighted by atomic mass is 10.0. The van der Waals surface area contributed by atoms with E-state index in [9.17, 15) is 19.0 Å². The van der Waals surface area contributed by atoms with Crippen LogP contribution in [-0.2, 0) is 27.9 Å². The minimum atomic E-state index is -4.46. The van der Waals surface area contributed by atoms with E-state index in [-0.39, 0.29) is 31.5 Å². The Hall–Kier alpha value is -2.55. The zero-order chi connectivity index (χ0) is 51.5. The van der Waals surface area contributed by atoms with Crippen LogP contribution >= 0.6 is 7.82 Å². The van der Waals surface area contributed by atoms with Gasteiger partial charge in [0, 0.05) is 12.8 Å². The fourth-order valence-corrected chi connectivity index (χ4v) is 8.60. The zero-order valence-corrected chi connectivity index (χ0v) is 47.1. The van der Waals surface area contributed by atoms with E-state index in [1.165, 1.54) is 128 Å². The minimum Gasteiger partial charge on any atom is -0.456 e. The highest BCUT2D eigenvalue weighted by molar-refractivity contribution is 7.47. The lowest BCUT2D eigenvalue weighted by molar-refractivity contribution is -0.870. The average Bonchev–Trinajstić information content (AvgIpc) is 3.32. The summed E-state index contributed by atoms with van der Waals surface area (Å²) in [4.78, 5) is 37.5. The summed E-state index contributed by atoms with van der Waals surface area (Å²) < 4.78 is 30.5. The molecule has 3 atom stereocenters. The maximum Gasteiger partial charge on any atom is 0.472 e. The predicted molar refractivity (Wildman–Crippen MR) is 300 cm³/mol. The van der Waals surface area contributed by atoms with Gasteiger partial charge in [-0.05, 0) is 96.0 Å². The van der Waals surface area contributed by atoms with E-state index in [1.54, 1.807) is 0 Å². The molecule has 0 rings (SSSR count). The number of carbonyl (C=O) groups excluding carboxylic acids is 2. The van der Waals surface area contributed by atoms with Crippen LogP contribution in [0.3, 0.4) is 0 Å². The molecular weight excluding hydrogens is 892 g/mol. The number of esters is 1. The van der Waals surface area contributed by atoms with Gasteiger partial charge in [-0.2, -0.15) is 0 Å². The topological polar surface area (TPSA) is 111 Å². The van der Waals surface area contributed by atoms with E-state index in [0.29, 0.717) is 23.9 Å². The van der Waals surface area contributed by atoms with Crippen molar-refractivity contribution in [3.05, 3.63) is 72.9 Å². The first-order valence-electron chi connectivity index (χ1n) is 28.8. The van der Waals surface area contributed by atoms with Crippen LogP contribution in [0.2, 0.25) is 0 Å². The highest BCUT2D eigenvalue weighted by atomic mass is 31.2. The second-order valence-corrected chi connectivity index (χ2v) is 21.9. The minimum absolute atomic E-state index is 0.0289. The van der Waals surface area contributed by atoms with Gasteiger partial charge >= 0.3 is 13.8 Å². The van der Waals surface area contributed by atoms with Crippen molar-refractivity contribution in [2.45, 2.75) is 258 Å². The SMILES string of the molecule is CCCCC/C=C\C/C=C\C/C=C\C/C=C\CCCC(=O)OC(/C=C/CCCCCCCCCCCC)C(COP(=O)(O)OCC[N+](C)(C)C)NC(=O)CCCCCCCCC/C=C\CCCCCC. The van der Waals surface area contributed by atoms with E-state index in [4.69, 9.17) is 13.8 Å². The molecule has 0 saturated heterocycles. The average molecular weight is 1000 g/mol. The maximum atomic E-state index is 13.5. The third-order valence-corrected chi connectivity index (χ3v) is 13.4. The van der Waals surface area contributed by atoms with Crippen molar-refractivity contribution in [2.75, 3.05) is 40.9 Å². The summed E-state index contributed by atoms with van der Waals surface area (Å²) in [7, 11) is 1.46. The summed E-state index contributed by atoms with van der Waals surface area (Å²) in [5.41, 5.74) is 0. The molecule has 70 heavy (non-hydrogen) atoms. The molecule has 0 aromatic rings. The van der Waals surface area contributed by atoms with Gasteiger partial charge in [-0.1, -0.05) is 210 Å². The number of hydrogen-bond acceptors (Lipinski definition) is 6. The zero-order valence-electron chi connectivity index (χ0n) is 46.2. The lowest BCUT2D eigenvalue weighted by Crippen LogP contribution is -2.47. The Balaban J connectivity index is 5.45. The van der Waals surface area contributed by atoms with Crippen molar-refractivity contribution in [3.63, 3.8) is 0 Å². The number of ether oxygens (including phenoxy) is 1. The third kappa shape index (κ3) is 50.4.